The zero-order valence-corrected chi connectivity index (χ0v) is 20.3. The maximum Gasteiger partial charge on any atom is 0.339 e. The van der Waals surface area contributed by atoms with Gasteiger partial charge >= 0.3 is 5.97 Å². The number of carbonyl (C=O) groups is 3. The van der Waals surface area contributed by atoms with Gasteiger partial charge in [0.1, 0.15) is 5.82 Å². The molecule has 0 bridgehead atoms. The summed E-state index contributed by atoms with van der Waals surface area (Å²) in [5, 5.41) is 3.78. The van der Waals surface area contributed by atoms with Crippen molar-refractivity contribution in [1.29, 1.82) is 0 Å². The largest absolute Gasteiger partial charge is 0.465 e. The summed E-state index contributed by atoms with van der Waals surface area (Å²) in [5.41, 5.74) is 0.998. The van der Waals surface area contributed by atoms with Gasteiger partial charge in [0.2, 0.25) is 5.91 Å². The van der Waals surface area contributed by atoms with Crippen LogP contribution in [0.1, 0.15) is 27.6 Å². The summed E-state index contributed by atoms with van der Waals surface area (Å²) in [6.07, 6.45) is 3.20. The van der Waals surface area contributed by atoms with Crippen molar-refractivity contribution in [2.45, 2.75) is 16.0 Å². The molecule has 2 amide bonds. The summed E-state index contributed by atoms with van der Waals surface area (Å²) in [4.78, 5) is 49.0. The van der Waals surface area contributed by atoms with Crippen molar-refractivity contribution in [3.05, 3.63) is 59.9 Å². The molecule has 176 valence electrons. The quantitative estimate of drug-likeness (QED) is 0.516. The monoisotopic (exact) mass is 497 g/mol. The number of rotatable bonds is 6. The predicted octanol–water partition coefficient (Wildman–Crippen LogP) is 3.52. The number of pyridine rings is 1. The number of benzene rings is 1. The maximum atomic E-state index is 12.9. The Kier molecular flexibility index (Phi) is 7.43. The molecule has 4 rings (SSSR count). The third-order valence-corrected chi connectivity index (χ3v) is 7.22. The first-order chi connectivity index (χ1) is 16.4. The van der Waals surface area contributed by atoms with E-state index in [1.165, 1.54) is 36.4 Å². The number of aromatic nitrogens is 2. The fourth-order valence-corrected chi connectivity index (χ4v) is 5.32. The number of anilines is 2. The lowest BCUT2D eigenvalue weighted by molar-refractivity contribution is -0.130. The Morgan fingerprint density at radius 1 is 1.00 bits per heavy atom. The highest BCUT2D eigenvalue weighted by Gasteiger charge is 2.23. The minimum absolute atomic E-state index is 0.0289. The third kappa shape index (κ3) is 5.72. The molecule has 34 heavy (non-hydrogen) atoms. The fraction of sp³-hybridized carbons (Fsp3) is 0.261. The number of nitrogens with zero attached hydrogens (tertiary/aromatic N) is 4. The molecule has 3 aromatic rings. The summed E-state index contributed by atoms with van der Waals surface area (Å²) in [5.74, 6) is 0.138. The highest BCUT2D eigenvalue weighted by Crippen LogP contribution is 2.35. The first-order valence-corrected chi connectivity index (χ1v) is 12.2. The number of methoxy groups -OCH3 is 1. The van der Waals surface area contributed by atoms with Crippen LogP contribution in [0.3, 0.4) is 0 Å². The number of piperazine rings is 1. The molecule has 0 spiro atoms. The van der Waals surface area contributed by atoms with E-state index in [1.54, 1.807) is 35.1 Å². The van der Waals surface area contributed by atoms with Crippen molar-refractivity contribution in [1.82, 2.24) is 19.8 Å². The zero-order valence-electron chi connectivity index (χ0n) is 18.7. The number of esters is 1. The van der Waals surface area contributed by atoms with Crippen LogP contribution in [0, 0.1) is 0 Å². The Balaban J connectivity index is 1.37. The Labute approximate surface area is 205 Å². The highest BCUT2D eigenvalue weighted by atomic mass is 32.2. The highest BCUT2D eigenvalue weighted by molar-refractivity contribution is 8.01. The van der Waals surface area contributed by atoms with Crippen LogP contribution in [-0.4, -0.2) is 70.8 Å². The van der Waals surface area contributed by atoms with Crippen LogP contribution in [0.4, 0.5) is 10.9 Å². The van der Waals surface area contributed by atoms with Gasteiger partial charge in [-0.1, -0.05) is 29.2 Å². The Hall–Kier alpha value is -3.44. The standard InChI is InChI=1S/C23H23N5O4S2/c1-15(29)27-8-10-28(11-9-27)21(30)16-4-3-5-18(12-16)33-20-14-25-23(34-20)26-19-7-6-17(13-24-19)22(31)32-2/h3-7,12-14H,8-11H2,1-2H3,(H,24,25,26). The molecule has 0 saturated carbocycles. The smallest absolute Gasteiger partial charge is 0.339 e. The van der Waals surface area contributed by atoms with Gasteiger partial charge in [-0.15, -0.1) is 0 Å². The van der Waals surface area contributed by atoms with Gasteiger partial charge in [-0.25, -0.2) is 14.8 Å². The second-order valence-electron chi connectivity index (χ2n) is 7.46. The molecule has 1 saturated heterocycles. The number of amides is 2. The minimum atomic E-state index is -0.439. The predicted molar refractivity (Wildman–Crippen MR) is 130 cm³/mol. The number of ether oxygens (including phenoxy) is 1. The molecule has 1 aliphatic rings. The van der Waals surface area contributed by atoms with E-state index in [4.69, 9.17) is 0 Å². The van der Waals surface area contributed by atoms with Gasteiger partial charge in [-0.3, -0.25) is 9.59 Å². The molecule has 1 aromatic carbocycles. The molecular formula is C23H23N5O4S2. The van der Waals surface area contributed by atoms with E-state index >= 15 is 0 Å². The molecule has 0 aliphatic carbocycles. The molecule has 1 N–H and O–H groups in total. The lowest BCUT2D eigenvalue weighted by Crippen LogP contribution is -2.50. The van der Waals surface area contributed by atoms with Crippen LogP contribution in [0.15, 0.2) is 57.9 Å². The van der Waals surface area contributed by atoms with Crippen LogP contribution in [-0.2, 0) is 9.53 Å². The average molecular weight is 498 g/mol. The molecular weight excluding hydrogens is 474 g/mol. The molecule has 0 unspecified atom stereocenters. The normalized spacial score (nSPS) is 13.5. The minimum Gasteiger partial charge on any atom is -0.465 e. The van der Waals surface area contributed by atoms with E-state index < -0.39 is 5.97 Å². The van der Waals surface area contributed by atoms with Gasteiger partial charge in [0, 0.05) is 49.8 Å². The first-order valence-electron chi connectivity index (χ1n) is 10.5. The molecule has 1 fully saturated rings. The Morgan fingerprint density at radius 3 is 2.44 bits per heavy atom. The number of nitrogens with one attached hydrogen (secondary N) is 1. The molecule has 11 heteroatoms. The molecule has 3 heterocycles. The Morgan fingerprint density at radius 2 is 1.76 bits per heavy atom. The molecule has 0 radical (unpaired) electrons. The van der Waals surface area contributed by atoms with E-state index in [9.17, 15) is 14.4 Å². The SMILES string of the molecule is COC(=O)c1ccc(Nc2ncc(Sc3cccc(C(=O)N4CCN(C(C)=O)CC4)c3)s2)nc1. The van der Waals surface area contributed by atoms with Crippen LogP contribution in [0.5, 0.6) is 0 Å². The molecule has 2 aromatic heterocycles. The summed E-state index contributed by atoms with van der Waals surface area (Å²) in [7, 11) is 1.33. The van der Waals surface area contributed by atoms with Crippen LogP contribution >= 0.6 is 23.1 Å². The molecule has 9 nitrogen and oxygen atoms in total. The lowest BCUT2D eigenvalue weighted by Gasteiger charge is -2.34. The van der Waals surface area contributed by atoms with Crippen molar-refractivity contribution < 1.29 is 19.1 Å². The van der Waals surface area contributed by atoms with Crippen LogP contribution < -0.4 is 5.32 Å². The lowest BCUT2D eigenvalue weighted by atomic mass is 10.2. The first kappa shape index (κ1) is 23.7. The number of thiazole rings is 1. The summed E-state index contributed by atoms with van der Waals surface area (Å²) >= 11 is 2.98. The van der Waals surface area contributed by atoms with Crippen molar-refractivity contribution in [2.75, 3.05) is 38.6 Å². The number of hydrogen-bond acceptors (Lipinski definition) is 9. The average Bonchev–Trinajstić information content (AvgIpc) is 3.30. The van der Waals surface area contributed by atoms with Crippen molar-refractivity contribution in [2.24, 2.45) is 0 Å². The van der Waals surface area contributed by atoms with E-state index in [-0.39, 0.29) is 11.8 Å². The van der Waals surface area contributed by atoms with Crippen LogP contribution in [0.25, 0.3) is 0 Å². The summed E-state index contributed by atoms with van der Waals surface area (Å²) < 4.78 is 5.63. The van der Waals surface area contributed by atoms with Gasteiger partial charge in [0.25, 0.3) is 5.91 Å². The fourth-order valence-electron chi connectivity index (χ4n) is 3.40. The van der Waals surface area contributed by atoms with Gasteiger partial charge in [-0.2, -0.15) is 0 Å². The van der Waals surface area contributed by atoms with Gasteiger partial charge < -0.3 is 19.9 Å². The third-order valence-electron chi connectivity index (χ3n) is 5.22. The zero-order chi connectivity index (χ0) is 24.1. The van der Waals surface area contributed by atoms with Crippen molar-refractivity contribution in [3.8, 4) is 0 Å². The van der Waals surface area contributed by atoms with Crippen LogP contribution in [0.2, 0.25) is 0 Å². The second-order valence-corrected chi connectivity index (χ2v) is 9.87. The van der Waals surface area contributed by atoms with E-state index in [0.29, 0.717) is 48.3 Å². The molecule has 0 atom stereocenters. The molecule has 1 aliphatic heterocycles. The van der Waals surface area contributed by atoms with Gasteiger partial charge in [0.15, 0.2) is 5.13 Å². The Bertz CT molecular complexity index is 1190. The van der Waals surface area contributed by atoms with E-state index in [2.05, 4.69) is 20.0 Å². The number of hydrogen-bond donors (Lipinski definition) is 1. The van der Waals surface area contributed by atoms with E-state index in [0.717, 1.165) is 9.10 Å². The summed E-state index contributed by atoms with van der Waals surface area (Å²) in [6, 6.07) is 10.8. The number of carbonyl (C=O) groups excluding carboxylic acids is 3. The summed E-state index contributed by atoms with van der Waals surface area (Å²) in [6.45, 7) is 3.75. The van der Waals surface area contributed by atoms with Gasteiger partial charge in [-0.05, 0) is 30.3 Å². The van der Waals surface area contributed by atoms with Crippen molar-refractivity contribution in [3.63, 3.8) is 0 Å². The van der Waals surface area contributed by atoms with Crippen molar-refractivity contribution >= 4 is 51.8 Å². The van der Waals surface area contributed by atoms with Gasteiger partial charge in [0.05, 0.1) is 23.1 Å². The van der Waals surface area contributed by atoms with E-state index in [1.807, 2.05) is 24.3 Å². The maximum absolute atomic E-state index is 12.9. The second kappa shape index (κ2) is 10.7. The topological polar surface area (TPSA) is 105 Å².